The van der Waals surface area contributed by atoms with E-state index in [1.807, 2.05) is 27.7 Å². The van der Waals surface area contributed by atoms with Gasteiger partial charge in [0.1, 0.15) is 0 Å². The van der Waals surface area contributed by atoms with Crippen molar-refractivity contribution in [2.24, 2.45) is 0 Å². The minimum absolute atomic E-state index is 0.358. The normalized spacial score (nSPS) is 19.7. The van der Waals surface area contributed by atoms with E-state index in [9.17, 15) is 8.42 Å². The predicted molar refractivity (Wildman–Crippen MR) is 85.2 cm³/mol. The molecule has 1 aromatic carbocycles. The minimum Gasteiger partial charge on any atom is -0.399 e. The number of para-hydroxylation sites is 1. The third kappa shape index (κ3) is 3.27. The van der Waals surface area contributed by atoms with E-state index in [-0.39, 0.29) is 0 Å². The second kappa shape index (κ2) is 5.58. The highest BCUT2D eigenvalue weighted by atomic mass is 32.2. The monoisotopic (exact) mass is 322 g/mol. The third-order valence-corrected chi connectivity index (χ3v) is 5.03. The van der Waals surface area contributed by atoms with Crippen LogP contribution in [0.25, 0.3) is 0 Å². The van der Waals surface area contributed by atoms with Crippen LogP contribution in [0.1, 0.15) is 27.7 Å². The SMILES string of the molecule is CC1(C)OB(c2ccccc2NS(=O)(=O)CC#N)OC1(C)C. The maximum Gasteiger partial charge on any atom is 0.496 e. The Morgan fingerprint density at radius 1 is 1.18 bits per heavy atom. The van der Waals surface area contributed by atoms with Gasteiger partial charge >= 0.3 is 7.12 Å². The Kier molecular flexibility index (Phi) is 4.26. The minimum atomic E-state index is -3.72. The molecule has 1 saturated heterocycles. The molecule has 0 saturated carbocycles. The summed E-state index contributed by atoms with van der Waals surface area (Å²) >= 11 is 0. The number of nitriles is 1. The lowest BCUT2D eigenvalue weighted by Gasteiger charge is -2.32. The zero-order valence-electron chi connectivity index (χ0n) is 13.1. The number of nitrogens with one attached hydrogen (secondary N) is 1. The molecule has 0 aliphatic carbocycles. The number of hydrogen-bond acceptors (Lipinski definition) is 5. The first-order valence-corrected chi connectivity index (χ1v) is 8.55. The molecule has 0 unspecified atom stereocenters. The zero-order valence-corrected chi connectivity index (χ0v) is 13.9. The molecule has 0 amide bonds. The molecule has 6 nitrogen and oxygen atoms in total. The summed E-state index contributed by atoms with van der Waals surface area (Å²) in [5, 5.41) is 8.58. The molecule has 0 spiro atoms. The average molecular weight is 322 g/mol. The van der Waals surface area contributed by atoms with Gasteiger partial charge in [-0.15, -0.1) is 0 Å². The lowest BCUT2D eigenvalue weighted by Crippen LogP contribution is -2.41. The summed E-state index contributed by atoms with van der Waals surface area (Å²) in [5.41, 5.74) is -0.0917. The van der Waals surface area contributed by atoms with E-state index in [0.29, 0.717) is 11.2 Å². The molecular weight excluding hydrogens is 303 g/mol. The number of benzene rings is 1. The quantitative estimate of drug-likeness (QED) is 0.843. The van der Waals surface area contributed by atoms with Crippen LogP contribution in [0.4, 0.5) is 5.69 Å². The second-order valence-electron chi connectivity index (χ2n) is 6.19. The van der Waals surface area contributed by atoms with Crippen molar-refractivity contribution in [3.05, 3.63) is 24.3 Å². The molecule has 8 heteroatoms. The highest BCUT2D eigenvalue weighted by Gasteiger charge is 2.52. The Morgan fingerprint density at radius 2 is 1.73 bits per heavy atom. The Morgan fingerprint density at radius 3 is 2.27 bits per heavy atom. The summed E-state index contributed by atoms with van der Waals surface area (Å²) in [4.78, 5) is 0. The van der Waals surface area contributed by atoms with Gasteiger partial charge in [0.05, 0.1) is 17.3 Å². The van der Waals surface area contributed by atoms with E-state index in [1.165, 1.54) is 0 Å². The van der Waals surface area contributed by atoms with Crippen molar-refractivity contribution in [2.75, 3.05) is 10.5 Å². The smallest absolute Gasteiger partial charge is 0.399 e. The van der Waals surface area contributed by atoms with Crippen LogP contribution in [-0.4, -0.2) is 32.5 Å². The van der Waals surface area contributed by atoms with Gasteiger partial charge in [-0.05, 0) is 33.8 Å². The van der Waals surface area contributed by atoms with Gasteiger partial charge in [-0.25, -0.2) is 8.42 Å². The first-order chi connectivity index (χ1) is 10.1. The van der Waals surface area contributed by atoms with Crippen LogP contribution in [0.2, 0.25) is 0 Å². The van der Waals surface area contributed by atoms with Crippen LogP contribution < -0.4 is 10.2 Å². The maximum atomic E-state index is 11.8. The largest absolute Gasteiger partial charge is 0.496 e. The summed E-state index contributed by atoms with van der Waals surface area (Å²) in [7, 11) is -4.39. The van der Waals surface area contributed by atoms with E-state index >= 15 is 0 Å². The van der Waals surface area contributed by atoms with E-state index in [2.05, 4.69) is 4.72 Å². The van der Waals surface area contributed by atoms with Crippen molar-refractivity contribution in [1.29, 1.82) is 5.26 Å². The molecule has 1 fully saturated rings. The van der Waals surface area contributed by atoms with Gasteiger partial charge < -0.3 is 9.31 Å². The standard InChI is InChI=1S/C14H19BN2O4S/c1-13(2)14(3,4)21-15(20-13)11-7-5-6-8-12(11)17-22(18,19)10-9-16/h5-8,17H,10H2,1-4H3. The van der Waals surface area contributed by atoms with Crippen molar-refractivity contribution < 1.29 is 17.7 Å². The highest BCUT2D eigenvalue weighted by molar-refractivity contribution is 7.92. The summed E-state index contributed by atoms with van der Waals surface area (Å²) < 4.78 is 37.9. The molecule has 0 atom stereocenters. The Hall–Kier alpha value is -1.56. The first kappa shape index (κ1) is 16.8. The van der Waals surface area contributed by atoms with Gasteiger partial charge in [0.15, 0.2) is 5.75 Å². The molecule has 1 N–H and O–H groups in total. The summed E-state index contributed by atoms with van der Waals surface area (Å²) in [5.74, 6) is -0.606. The van der Waals surface area contributed by atoms with Crippen molar-refractivity contribution in [3.63, 3.8) is 0 Å². The fourth-order valence-corrected chi connectivity index (χ4v) is 2.82. The molecule has 22 heavy (non-hydrogen) atoms. The number of nitrogens with zero attached hydrogens (tertiary/aromatic N) is 1. The van der Waals surface area contributed by atoms with E-state index in [1.54, 1.807) is 30.3 Å². The number of anilines is 1. The summed E-state index contributed by atoms with van der Waals surface area (Å²) in [6, 6.07) is 8.48. The molecule has 1 aliphatic heterocycles. The zero-order chi connectivity index (χ0) is 16.6. The van der Waals surface area contributed by atoms with Crippen molar-refractivity contribution in [1.82, 2.24) is 0 Å². The molecule has 0 radical (unpaired) electrons. The van der Waals surface area contributed by atoms with Crippen molar-refractivity contribution in [3.8, 4) is 6.07 Å². The molecular formula is C14H19BN2O4S. The maximum absolute atomic E-state index is 11.8. The lowest BCUT2D eigenvalue weighted by molar-refractivity contribution is 0.00578. The molecule has 1 aliphatic rings. The van der Waals surface area contributed by atoms with Crippen LogP contribution >= 0.6 is 0 Å². The van der Waals surface area contributed by atoms with Gasteiger partial charge in [-0.2, -0.15) is 5.26 Å². The molecule has 1 aromatic rings. The van der Waals surface area contributed by atoms with Crippen LogP contribution in [0, 0.1) is 11.3 Å². The Balaban J connectivity index is 2.33. The van der Waals surface area contributed by atoms with E-state index in [0.717, 1.165) is 0 Å². The van der Waals surface area contributed by atoms with Gasteiger partial charge in [-0.3, -0.25) is 4.72 Å². The van der Waals surface area contributed by atoms with Gasteiger partial charge in [0.25, 0.3) is 0 Å². The van der Waals surface area contributed by atoms with Gasteiger partial charge in [-0.1, -0.05) is 18.2 Å². The van der Waals surface area contributed by atoms with Crippen LogP contribution in [-0.2, 0) is 19.3 Å². The highest BCUT2D eigenvalue weighted by Crippen LogP contribution is 2.37. The molecule has 2 rings (SSSR count). The molecule has 0 bridgehead atoms. The topological polar surface area (TPSA) is 88.4 Å². The molecule has 1 heterocycles. The Bertz CT molecular complexity index is 694. The molecule has 118 valence electrons. The number of rotatable bonds is 4. The van der Waals surface area contributed by atoms with Gasteiger partial charge in [0, 0.05) is 11.2 Å². The lowest BCUT2D eigenvalue weighted by atomic mass is 9.78. The van der Waals surface area contributed by atoms with Crippen LogP contribution in [0.15, 0.2) is 24.3 Å². The average Bonchev–Trinajstić information content (AvgIpc) is 2.58. The third-order valence-electron chi connectivity index (χ3n) is 3.99. The molecule has 0 aromatic heterocycles. The first-order valence-electron chi connectivity index (χ1n) is 6.90. The van der Waals surface area contributed by atoms with Crippen molar-refractivity contribution in [2.45, 2.75) is 38.9 Å². The number of sulfonamides is 1. The predicted octanol–water partition coefficient (Wildman–Crippen LogP) is 1.25. The van der Waals surface area contributed by atoms with E-state index in [4.69, 9.17) is 14.6 Å². The Labute approximate surface area is 131 Å². The van der Waals surface area contributed by atoms with Crippen LogP contribution in [0.5, 0.6) is 0 Å². The van der Waals surface area contributed by atoms with Crippen molar-refractivity contribution >= 4 is 28.3 Å². The number of hydrogen-bond donors (Lipinski definition) is 1. The summed E-state index contributed by atoms with van der Waals surface area (Å²) in [6.45, 7) is 7.70. The van der Waals surface area contributed by atoms with E-state index < -0.39 is 34.1 Å². The fraction of sp³-hybridized carbons (Fsp3) is 0.500. The van der Waals surface area contributed by atoms with Crippen LogP contribution in [0.3, 0.4) is 0 Å². The fourth-order valence-electron chi connectivity index (χ4n) is 2.05. The summed E-state index contributed by atoms with van der Waals surface area (Å²) in [6.07, 6.45) is 0. The second-order valence-corrected chi connectivity index (χ2v) is 7.92. The van der Waals surface area contributed by atoms with Gasteiger partial charge in [0.2, 0.25) is 10.0 Å².